The number of thioether (sulfide) groups is 1. The molecule has 1 amide bonds. The van der Waals surface area contributed by atoms with Gasteiger partial charge in [-0.25, -0.2) is 9.78 Å². The van der Waals surface area contributed by atoms with Crippen molar-refractivity contribution in [1.29, 1.82) is 5.26 Å². The van der Waals surface area contributed by atoms with Crippen molar-refractivity contribution in [3.05, 3.63) is 39.4 Å². The normalized spacial score (nSPS) is 15.3. The molecule has 1 atom stereocenters. The average molecular weight is 514 g/mol. The predicted molar refractivity (Wildman–Crippen MR) is 142 cm³/mol. The number of nitrogens with one attached hydrogen (secondary N) is 1. The predicted octanol–water partition coefficient (Wildman–Crippen LogP) is 6.42. The van der Waals surface area contributed by atoms with Gasteiger partial charge in [0.25, 0.3) is 0 Å². The van der Waals surface area contributed by atoms with Crippen LogP contribution >= 0.6 is 23.1 Å². The second kappa shape index (κ2) is 12.0. The number of aromatic nitrogens is 1. The summed E-state index contributed by atoms with van der Waals surface area (Å²) >= 11 is 2.93. The van der Waals surface area contributed by atoms with Crippen LogP contribution in [0.5, 0.6) is 0 Å². The fraction of sp³-hybridized carbons (Fsp3) is 0.556. The second-order valence-electron chi connectivity index (χ2n) is 9.90. The highest BCUT2D eigenvalue weighted by Crippen LogP contribution is 2.44. The highest BCUT2D eigenvalue weighted by molar-refractivity contribution is 7.99. The third kappa shape index (κ3) is 6.86. The number of fused-ring (bicyclic) bond motifs is 1. The van der Waals surface area contributed by atoms with Gasteiger partial charge in [0, 0.05) is 22.7 Å². The number of thiophene rings is 1. The molecule has 2 aromatic heterocycles. The lowest BCUT2D eigenvalue weighted by Crippen LogP contribution is -2.26. The number of esters is 1. The quantitative estimate of drug-likeness (QED) is 0.307. The minimum absolute atomic E-state index is 0.155. The van der Waals surface area contributed by atoms with E-state index in [1.54, 1.807) is 13.0 Å². The van der Waals surface area contributed by atoms with E-state index in [-0.39, 0.29) is 23.7 Å². The van der Waals surface area contributed by atoms with Crippen LogP contribution in [0.15, 0.2) is 17.2 Å². The summed E-state index contributed by atoms with van der Waals surface area (Å²) in [5.74, 6) is 0.514. The van der Waals surface area contributed by atoms with E-state index in [0.29, 0.717) is 39.4 Å². The Morgan fingerprint density at radius 1 is 1.31 bits per heavy atom. The topological polar surface area (TPSA) is 92.1 Å². The van der Waals surface area contributed by atoms with Crippen LogP contribution in [0.3, 0.4) is 0 Å². The van der Waals surface area contributed by atoms with Crippen LogP contribution in [0.2, 0.25) is 0 Å². The smallest absolute Gasteiger partial charge is 0.341 e. The van der Waals surface area contributed by atoms with Gasteiger partial charge in [-0.2, -0.15) is 5.26 Å². The minimum Gasteiger partial charge on any atom is -0.462 e. The molecule has 1 aliphatic carbocycles. The zero-order valence-corrected chi connectivity index (χ0v) is 23.0. The first-order valence-corrected chi connectivity index (χ1v) is 14.1. The van der Waals surface area contributed by atoms with Gasteiger partial charge in [-0.05, 0) is 61.6 Å². The number of pyridine rings is 1. The molecule has 35 heavy (non-hydrogen) atoms. The number of hydrogen-bond acceptors (Lipinski definition) is 7. The molecule has 0 spiro atoms. The Labute approximate surface area is 216 Å². The number of carbonyl (C=O) groups excluding carboxylic acids is 2. The van der Waals surface area contributed by atoms with Gasteiger partial charge in [-0.3, -0.25) is 4.79 Å². The zero-order valence-electron chi connectivity index (χ0n) is 21.3. The molecule has 0 aliphatic heterocycles. The van der Waals surface area contributed by atoms with Crippen molar-refractivity contribution in [3.63, 3.8) is 0 Å². The molecular formula is C27H35N3O3S2. The summed E-state index contributed by atoms with van der Waals surface area (Å²) in [6.07, 6.45) is 4.85. The van der Waals surface area contributed by atoms with Crippen molar-refractivity contribution >= 4 is 40.0 Å². The van der Waals surface area contributed by atoms with Crippen LogP contribution in [0, 0.1) is 22.7 Å². The molecule has 8 heteroatoms. The van der Waals surface area contributed by atoms with E-state index in [1.807, 2.05) is 6.07 Å². The van der Waals surface area contributed by atoms with Crippen LogP contribution in [-0.2, 0) is 28.8 Å². The number of rotatable bonds is 9. The largest absolute Gasteiger partial charge is 0.462 e. The Hall–Kier alpha value is -2.37. The van der Waals surface area contributed by atoms with Crippen molar-refractivity contribution in [2.75, 3.05) is 17.7 Å². The molecule has 1 unspecified atom stereocenters. The van der Waals surface area contributed by atoms with Crippen molar-refractivity contribution in [1.82, 2.24) is 4.98 Å². The Morgan fingerprint density at radius 3 is 2.74 bits per heavy atom. The minimum atomic E-state index is -0.362. The molecule has 3 rings (SSSR count). The molecule has 2 heterocycles. The number of ether oxygens (including phenoxy) is 1. The van der Waals surface area contributed by atoms with Gasteiger partial charge >= 0.3 is 5.97 Å². The number of nitriles is 1. The van der Waals surface area contributed by atoms with Crippen LogP contribution in [0.4, 0.5) is 5.00 Å². The Balaban J connectivity index is 1.71. The molecular weight excluding hydrogens is 478 g/mol. The van der Waals surface area contributed by atoms with E-state index in [9.17, 15) is 14.9 Å². The summed E-state index contributed by atoms with van der Waals surface area (Å²) < 4.78 is 5.34. The molecule has 0 fully saturated rings. The van der Waals surface area contributed by atoms with Crippen LogP contribution in [0.25, 0.3) is 0 Å². The van der Waals surface area contributed by atoms with Crippen molar-refractivity contribution in [2.45, 2.75) is 78.2 Å². The first-order chi connectivity index (χ1) is 16.7. The van der Waals surface area contributed by atoms with Crippen LogP contribution in [-0.4, -0.2) is 29.2 Å². The summed E-state index contributed by atoms with van der Waals surface area (Å²) in [5.41, 5.74) is 3.24. The number of anilines is 1. The van der Waals surface area contributed by atoms with Crippen LogP contribution < -0.4 is 5.32 Å². The van der Waals surface area contributed by atoms with Crippen molar-refractivity contribution in [3.8, 4) is 6.07 Å². The highest BCUT2D eigenvalue weighted by atomic mass is 32.2. The Kier molecular flexibility index (Phi) is 9.37. The lowest BCUT2D eigenvalue weighted by atomic mass is 9.72. The molecule has 1 aliphatic rings. The van der Waals surface area contributed by atoms with Gasteiger partial charge < -0.3 is 10.1 Å². The van der Waals surface area contributed by atoms with E-state index in [0.717, 1.165) is 43.4 Å². The maximum absolute atomic E-state index is 12.8. The van der Waals surface area contributed by atoms with E-state index >= 15 is 0 Å². The van der Waals surface area contributed by atoms with E-state index in [4.69, 9.17) is 4.74 Å². The van der Waals surface area contributed by atoms with Gasteiger partial charge in [0.05, 0.1) is 17.7 Å². The fourth-order valence-electron chi connectivity index (χ4n) is 4.33. The SMILES string of the molecule is CCCc1ccc(C#N)c(SCCC(=O)Nc2sc3c(c2C(=O)OCC)CCC(C(C)(C)C)C3)n1. The van der Waals surface area contributed by atoms with Gasteiger partial charge in [-0.1, -0.05) is 34.1 Å². The summed E-state index contributed by atoms with van der Waals surface area (Å²) in [4.78, 5) is 31.4. The second-order valence-corrected chi connectivity index (χ2v) is 12.1. The number of carbonyl (C=O) groups is 2. The molecule has 0 saturated heterocycles. The van der Waals surface area contributed by atoms with Gasteiger partial charge in [0.15, 0.2) is 0 Å². The third-order valence-corrected chi connectivity index (χ3v) is 8.50. The molecule has 188 valence electrons. The first kappa shape index (κ1) is 27.2. The molecule has 0 aromatic carbocycles. The zero-order chi connectivity index (χ0) is 25.6. The van der Waals surface area contributed by atoms with E-state index in [1.165, 1.54) is 28.0 Å². The monoisotopic (exact) mass is 513 g/mol. The molecule has 6 nitrogen and oxygen atoms in total. The maximum Gasteiger partial charge on any atom is 0.341 e. The Morgan fingerprint density at radius 2 is 2.09 bits per heavy atom. The average Bonchev–Trinajstić information content (AvgIpc) is 3.16. The summed E-state index contributed by atoms with van der Waals surface area (Å²) in [5, 5.41) is 13.6. The number of hydrogen-bond donors (Lipinski definition) is 1. The highest BCUT2D eigenvalue weighted by Gasteiger charge is 2.34. The number of aryl methyl sites for hydroxylation is 1. The third-order valence-electron chi connectivity index (χ3n) is 6.33. The number of nitrogens with zero attached hydrogens (tertiary/aromatic N) is 2. The standard InChI is InChI=1S/C27H35N3O3S2/c1-6-8-19-11-9-17(16-28)24(29-19)34-14-13-22(31)30-25-23(26(32)33-7-2)20-12-10-18(27(3,4)5)15-21(20)35-25/h9,11,18H,6-8,10,12-15H2,1-5H3,(H,30,31). The van der Waals surface area contributed by atoms with Gasteiger partial charge in [0.2, 0.25) is 5.91 Å². The lowest BCUT2D eigenvalue weighted by molar-refractivity contribution is -0.115. The Bertz CT molecular complexity index is 1110. The summed E-state index contributed by atoms with van der Waals surface area (Å²) in [6.45, 7) is 11.0. The molecule has 2 aromatic rings. The molecule has 0 radical (unpaired) electrons. The molecule has 0 bridgehead atoms. The van der Waals surface area contributed by atoms with Crippen molar-refractivity contribution in [2.24, 2.45) is 11.3 Å². The van der Waals surface area contributed by atoms with Gasteiger partial charge in [-0.15, -0.1) is 23.1 Å². The maximum atomic E-state index is 12.8. The lowest BCUT2D eigenvalue weighted by Gasteiger charge is -2.33. The summed E-state index contributed by atoms with van der Waals surface area (Å²) in [7, 11) is 0. The van der Waals surface area contributed by atoms with Gasteiger partial charge in [0.1, 0.15) is 16.1 Å². The molecule has 1 N–H and O–H groups in total. The molecule has 0 saturated carbocycles. The summed E-state index contributed by atoms with van der Waals surface area (Å²) in [6, 6.07) is 5.87. The van der Waals surface area contributed by atoms with Crippen LogP contribution in [0.1, 0.15) is 85.9 Å². The fourth-order valence-corrected chi connectivity index (χ4v) is 6.59. The number of amides is 1. The van der Waals surface area contributed by atoms with Crippen molar-refractivity contribution < 1.29 is 14.3 Å². The van der Waals surface area contributed by atoms with E-state index < -0.39 is 0 Å². The first-order valence-electron chi connectivity index (χ1n) is 12.3. The van der Waals surface area contributed by atoms with E-state index in [2.05, 4.69) is 44.1 Å².